The van der Waals surface area contributed by atoms with Crippen molar-refractivity contribution in [2.45, 2.75) is 32.6 Å². The summed E-state index contributed by atoms with van der Waals surface area (Å²) >= 11 is 0. The van der Waals surface area contributed by atoms with Crippen molar-refractivity contribution in [3.8, 4) is 5.75 Å². The Hall–Kier alpha value is -3.55. The van der Waals surface area contributed by atoms with Crippen molar-refractivity contribution in [2.75, 3.05) is 26.3 Å². The van der Waals surface area contributed by atoms with Crippen LogP contribution in [0.2, 0.25) is 0 Å². The lowest BCUT2D eigenvalue weighted by molar-refractivity contribution is -0.139. The van der Waals surface area contributed by atoms with E-state index in [2.05, 4.69) is 17.2 Å². The molecule has 2 aromatic carbocycles. The number of nitrogens with one attached hydrogen (secondary N) is 2. The first-order valence-corrected chi connectivity index (χ1v) is 10.6. The van der Waals surface area contributed by atoms with Gasteiger partial charge < -0.3 is 24.8 Å². The predicted octanol–water partition coefficient (Wildman–Crippen LogP) is 4.33. The van der Waals surface area contributed by atoms with Crippen LogP contribution in [0.1, 0.15) is 32.6 Å². The fraction of sp³-hybridized carbons (Fsp3) is 0.375. The van der Waals surface area contributed by atoms with Crippen LogP contribution in [-0.4, -0.2) is 44.5 Å². The number of carbonyl (C=O) groups is 3. The maximum atomic E-state index is 11.9. The Kier molecular flexibility index (Phi) is 10.6. The zero-order valence-electron chi connectivity index (χ0n) is 18.4. The molecule has 0 aliphatic carbocycles. The molecule has 0 fully saturated rings. The molecule has 8 heteroatoms. The molecule has 0 aliphatic heterocycles. The minimum atomic E-state index is -0.547. The topological polar surface area (TPSA) is 103 Å². The number of rotatable bonds is 12. The van der Waals surface area contributed by atoms with Crippen molar-refractivity contribution in [1.29, 1.82) is 0 Å². The van der Waals surface area contributed by atoms with Gasteiger partial charge in [0.2, 0.25) is 0 Å². The SMILES string of the molecule is C=C(C)C(=O)OCCOC(=O)NCCCCCCNC(=O)Oc1ccc2ccccc2c1. The average molecular weight is 443 g/mol. The van der Waals surface area contributed by atoms with Gasteiger partial charge in [-0.1, -0.05) is 49.8 Å². The molecule has 8 nitrogen and oxygen atoms in total. The zero-order chi connectivity index (χ0) is 23.2. The van der Waals surface area contributed by atoms with Crippen LogP contribution in [0.15, 0.2) is 54.6 Å². The van der Waals surface area contributed by atoms with Crippen molar-refractivity contribution in [3.63, 3.8) is 0 Å². The second-order valence-electron chi connectivity index (χ2n) is 7.22. The molecule has 0 unspecified atom stereocenters. The Balaban J connectivity index is 1.45. The molecule has 0 atom stereocenters. The number of benzene rings is 2. The number of fused-ring (bicyclic) bond motifs is 1. The van der Waals surface area contributed by atoms with E-state index in [9.17, 15) is 14.4 Å². The zero-order valence-corrected chi connectivity index (χ0v) is 18.4. The summed E-state index contributed by atoms with van der Waals surface area (Å²) in [6, 6.07) is 13.4. The van der Waals surface area contributed by atoms with Gasteiger partial charge in [-0.15, -0.1) is 0 Å². The minimum Gasteiger partial charge on any atom is -0.459 e. The Labute approximate surface area is 187 Å². The normalized spacial score (nSPS) is 10.3. The summed E-state index contributed by atoms with van der Waals surface area (Å²) in [6.07, 6.45) is 2.39. The highest BCUT2D eigenvalue weighted by Gasteiger charge is 2.06. The van der Waals surface area contributed by atoms with E-state index in [1.165, 1.54) is 0 Å². The molecular formula is C24H30N2O6. The Bertz CT molecular complexity index is 928. The molecule has 0 aliphatic rings. The molecule has 2 rings (SSSR count). The van der Waals surface area contributed by atoms with Crippen LogP contribution < -0.4 is 15.4 Å². The van der Waals surface area contributed by atoms with Gasteiger partial charge in [0.05, 0.1) is 0 Å². The van der Waals surface area contributed by atoms with Crippen LogP contribution in [0.4, 0.5) is 9.59 Å². The van der Waals surface area contributed by atoms with Crippen LogP contribution in [0.25, 0.3) is 10.8 Å². The van der Waals surface area contributed by atoms with Gasteiger partial charge in [-0.05, 0) is 42.7 Å². The third kappa shape index (κ3) is 9.51. The molecule has 2 N–H and O–H groups in total. The lowest BCUT2D eigenvalue weighted by Crippen LogP contribution is -2.28. The molecule has 0 radical (unpaired) electrons. The average Bonchev–Trinajstić information content (AvgIpc) is 2.78. The summed E-state index contributed by atoms with van der Waals surface area (Å²) < 4.78 is 15.0. The number of alkyl carbamates (subject to hydrolysis) is 1. The van der Waals surface area contributed by atoms with E-state index in [0.29, 0.717) is 24.4 Å². The molecule has 0 bridgehead atoms. The molecule has 0 saturated heterocycles. The second-order valence-corrected chi connectivity index (χ2v) is 7.22. The standard InChI is InChI=1S/C24H30N2O6/c1-18(2)22(27)30-15-16-31-23(28)25-13-7-3-4-8-14-26-24(29)32-21-12-11-19-9-5-6-10-20(19)17-21/h5-6,9-12,17H,1,3-4,7-8,13-16H2,2H3,(H,25,28)(H,26,29). The van der Waals surface area contributed by atoms with Crippen LogP contribution in [0.5, 0.6) is 5.75 Å². The van der Waals surface area contributed by atoms with E-state index in [1.54, 1.807) is 13.0 Å². The number of ether oxygens (including phenoxy) is 3. The molecule has 0 heterocycles. The number of unbranched alkanes of at least 4 members (excludes halogenated alkanes) is 3. The molecule has 2 amide bonds. The van der Waals surface area contributed by atoms with Gasteiger partial charge in [0.15, 0.2) is 0 Å². The number of hydrogen-bond acceptors (Lipinski definition) is 6. The van der Waals surface area contributed by atoms with E-state index in [-0.39, 0.29) is 13.2 Å². The quantitative estimate of drug-likeness (QED) is 0.288. The molecule has 172 valence electrons. The van der Waals surface area contributed by atoms with E-state index in [0.717, 1.165) is 36.5 Å². The molecule has 2 aromatic rings. The minimum absolute atomic E-state index is 0.00455. The third-order valence-corrected chi connectivity index (χ3v) is 4.47. The molecule has 0 saturated carbocycles. The highest BCUT2D eigenvalue weighted by Crippen LogP contribution is 2.20. The monoisotopic (exact) mass is 442 g/mol. The van der Waals surface area contributed by atoms with Crippen LogP contribution in [-0.2, 0) is 14.3 Å². The van der Waals surface area contributed by atoms with E-state index < -0.39 is 18.2 Å². The predicted molar refractivity (Wildman–Crippen MR) is 122 cm³/mol. The number of hydrogen-bond donors (Lipinski definition) is 2. The molecule has 0 aromatic heterocycles. The van der Waals surface area contributed by atoms with E-state index in [1.807, 2.05) is 36.4 Å². The van der Waals surface area contributed by atoms with Gasteiger partial charge in [0.1, 0.15) is 19.0 Å². The first kappa shape index (κ1) is 24.7. The van der Waals surface area contributed by atoms with Crippen molar-refractivity contribution >= 4 is 28.9 Å². The van der Waals surface area contributed by atoms with Crippen LogP contribution >= 0.6 is 0 Å². The smallest absolute Gasteiger partial charge is 0.412 e. The van der Waals surface area contributed by atoms with Gasteiger partial charge in [0.25, 0.3) is 0 Å². The highest BCUT2D eigenvalue weighted by molar-refractivity contribution is 5.87. The number of amides is 2. The first-order chi connectivity index (χ1) is 15.5. The van der Waals surface area contributed by atoms with Crippen molar-refractivity contribution in [1.82, 2.24) is 10.6 Å². The van der Waals surface area contributed by atoms with Gasteiger partial charge in [-0.2, -0.15) is 0 Å². The van der Waals surface area contributed by atoms with Gasteiger partial charge in [0, 0.05) is 18.7 Å². The Morgan fingerprint density at radius 1 is 0.812 bits per heavy atom. The van der Waals surface area contributed by atoms with E-state index >= 15 is 0 Å². The summed E-state index contributed by atoms with van der Waals surface area (Å²) in [7, 11) is 0. The van der Waals surface area contributed by atoms with Gasteiger partial charge in [-0.3, -0.25) is 0 Å². The fourth-order valence-corrected chi connectivity index (χ4v) is 2.80. The molecule has 32 heavy (non-hydrogen) atoms. The summed E-state index contributed by atoms with van der Waals surface area (Å²) in [6.45, 7) is 6.00. The number of carbonyl (C=O) groups excluding carboxylic acids is 3. The molecular weight excluding hydrogens is 412 g/mol. The molecule has 0 spiro atoms. The van der Waals surface area contributed by atoms with Crippen molar-refractivity contribution in [3.05, 3.63) is 54.6 Å². The van der Waals surface area contributed by atoms with Crippen molar-refractivity contribution < 1.29 is 28.6 Å². The van der Waals surface area contributed by atoms with Crippen molar-refractivity contribution in [2.24, 2.45) is 0 Å². The Morgan fingerprint density at radius 2 is 1.44 bits per heavy atom. The largest absolute Gasteiger partial charge is 0.459 e. The maximum Gasteiger partial charge on any atom is 0.412 e. The second kappa shape index (κ2) is 13.7. The highest BCUT2D eigenvalue weighted by atomic mass is 16.6. The number of esters is 1. The van der Waals surface area contributed by atoms with Gasteiger partial charge >= 0.3 is 18.2 Å². The first-order valence-electron chi connectivity index (χ1n) is 10.6. The van der Waals surface area contributed by atoms with Crippen LogP contribution in [0.3, 0.4) is 0 Å². The summed E-state index contributed by atoms with van der Waals surface area (Å²) in [5.41, 5.74) is 0.298. The van der Waals surface area contributed by atoms with E-state index in [4.69, 9.17) is 14.2 Å². The summed E-state index contributed by atoms with van der Waals surface area (Å²) in [5.74, 6) is -0.00131. The summed E-state index contributed by atoms with van der Waals surface area (Å²) in [4.78, 5) is 34.6. The summed E-state index contributed by atoms with van der Waals surface area (Å²) in [5, 5.41) is 7.48. The maximum absolute atomic E-state index is 11.9. The van der Waals surface area contributed by atoms with Crippen LogP contribution in [0, 0.1) is 0 Å². The van der Waals surface area contributed by atoms with Gasteiger partial charge in [-0.25, -0.2) is 14.4 Å². The third-order valence-electron chi connectivity index (χ3n) is 4.47. The lowest BCUT2D eigenvalue weighted by Gasteiger charge is -2.08. The fourth-order valence-electron chi connectivity index (χ4n) is 2.80. The Morgan fingerprint density at radius 3 is 2.12 bits per heavy atom. The lowest BCUT2D eigenvalue weighted by atomic mass is 10.1.